The molecule has 0 saturated heterocycles. The van der Waals surface area contributed by atoms with Crippen molar-refractivity contribution >= 4 is 29.5 Å². The summed E-state index contributed by atoms with van der Waals surface area (Å²) in [5.74, 6) is -5.25. The van der Waals surface area contributed by atoms with Crippen LogP contribution in [0.3, 0.4) is 0 Å². The van der Waals surface area contributed by atoms with Crippen molar-refractivity contribution in [3.8, 4) is 86.1 Å². The molecular weight excluding hydrogens is 1180 g/mol. The lowest BCUT2D eigenvalue weighted by molar-refractivity contribution is 0.0675. The first-order valence-electron chi connectivity index (χ1n) is 24.9. The Balaban J connectivity index is 0.000000177. The van der Waals surface area contributed by atoms with Crippen LogP contribution in [0.1, 0.15) is 52.4 Å². The van der Waals surface area contributed by atoms with E-state index < -0.39 is 54.3 Å². The van der Waals surface area contributed by atoms with Gasteiger partial charge in [-0.3, -0.25) is 33.0 Å². The average Bonchev–Trinajstić information content (AvgIpc) is 1.91. The second-order valence-electron chi connectivity index (χ2n) is 17.1. The number of aliphatic hydroxyl groups is 2. The van der Waals surface area contributed by atoms with Gasteiger partial charge in [-0.1, -0.05) is 0 Å². The minimum absolute atomic E-state index is 0.0253. The maximum Gasteiger partial charge on any atom is 0.354 e. The first-order chi connectivity index (χ1) is 42.6. The summed E-state index contributed by atoms with van der Waals surface area (Å²) in [5.41, 5.74) is 2.84. The van der Waals surface area contributed by atoms with E-state index in [1.54, 1.807) is 27.2 Å². The quantitative estimate of drug-likeness (QED) is 0.0815. The van der Waals surface area contributed by atoms with E-state index in [4.69, 9.17) is 49.2 Å². The number of hydrogen-bond donors (Lipinski definition) is 5. The van der Waals surface area contributed by atoms with Gasteiger partial charge in [-0.15, -0.1) is 0 Å². The van der Waals surface area contributed by atoms with Crippen LogP contribution >= 0.6 is 0 Å². The predicted octanol–water partition coefficient (Wildman–Crippen LogP) is 2.15. The van der Waals surface area contributed by atoms with Crippen molar-refractivity contribution in [2.24, 2.45) is 35.2 Å². The number of ether oxygens (including phenoxy) is 5. The number of rotatable bonds is 17. The van der Waals surface area contributed by atoms with E-state index in [2.05, 4.69) is 75.3 Å². The molecule has 35 nitrogen and oxygen atoms in total. The minimum atomic E-state index is -1.22. The smallest absolute Gasteiger partial charge is 0.354 e. The molecule has 0 unspecified atom stereocenters. The fraction of sp³-hybridized carbons (Fsp3) is 0.231. The number of carboxylic acid groups (broad SMARTS) is 3. The molecule has 0 aliphatic carbocycles. The first-order valence-corrected chi connectivity index (χ1v) is 24.9. The highest BCUT2D eigenvalue weighted by Crippen LogP contribution is 2.31. The van der Waals surface area contributed by atoms with Crippen LogP contribution in [0.15, 0.2) is 80.4 Å². The molecule has 0 aliphatic heterocycles. The summed E-state index contributed by atoms with van der Waals surface area (Å²) < 4.78 is 58.3. The highest BCUT2D eigenvalue weighted by Gasteiger charge is 2.26. The number of methoxy groups -OCH3 is 5. The molecule has 10 rings (SSSR count). The Labute approximate surface area is 499 Å². The average molecular weight is 1240 g/mol. The molecular formula is C52H52F2N20O15. The highest BCUT2D eigenvalue weighted by molar-refractivity contribution is 6.02. The standard InChI is InChI=1S/C11H11FN4O3.C11H12N4O3.C10H9FN4O3.2C10H10N4O3/c1-16-10(8(18)5-17)6(3-14-16)9-7(12)4-13-11(15-9)19-2;1-15-10(8(17)6-16)7(5-14-15)9-11(18-2)13-4-3-12-9;1-15-8(9(16)17)5(3-13-15)7-6(11)4-12-10(14-7)18-2;1-14-8(10(15)16)6(5-13-14)7-9(17-2)12-4-3-11-7;1-14-8(9(15)16)6(5-12-14)7-3-4-11-10(13-7)17-2/h3-4,17H,5H2,1-2H3;3-5,16H,6H2,1-2H3;3-4H,1-2H3,(H,16,17);2*3-5H,1-2H3,(H,15,16). The molecule has 0 aromatic carbocycles. The summed E-state index contributed by atoms with van der Waals surface area (Å²) in [6.45, 7) is -1.29. The molecule has 5 N–H and O–H groups in total. The van der Waals surface area contributed by atoms with Gasteiger partial charge < -0.3 is 49.2 Å². The van der Waals surface area contributed by atoms with Crippen molar-refractivity contribution < 1.29 is 82.0 Å². The summed E-state index contributed by atoms with van der Waals surface area (Å²) in [6.07, 6.45) is 16.2. The fourth-order valence-electron chi connectivity index (χ4n) is 7.82. The predicted molar refractivity (Wildman–Crippen MR) is 298 cm³/mol. The van der Waals surface area contributed by atoms with Gasteiger partial charge in [0.1, 0.15) is 47.4 Å². The van der Waals surface area contributed by atoms with Gasteiger partial charge in [0, 0.05) is 66.2 Å². The molecule has 0 saturated carbocycles. The lowest BCUT2D eigenvalue weighted by atomic mass is 10.1. The molecule has 464 valence electrons. The number of halogens is 2. The van der Waals surface area contributed by atoms with Gasteiger partial charge in [-0.25, -0.2) is 58.1 Å². The van der Waals surface area contributed by atoms with Crippen molar-refractivity contribution in [2.75, 3.05) is 48.8 Å². The Morgan fingerprint density at radius 1 is 0.393 bits per heavy atom. The second-order valence-corrected chi connectivity index (χ2v) is 17.1. The zero-order valence-electron chi connectivity index (χ0n) is 48.4. The topological polar surface area (TPSA) is 451 Å². The number of aryl methyl sites for hydroxylation is 5. The maximum atomic E-state index is 13.8. The van der Waals surface area contributed by atoms with Crippen molar-refractivity contribution in [2.45, 2.75) is 0 Å². The molecule has 0 atom stereocenters. The largest absolute Gasteiger partial charge is 0.479 e. The molecule has 10 heterocycles. The first kappa shape index (κ1) is 66.1. The number of hydrogen-bond acceptors (Lipinski definition) is 27. The van der Waals surface area contributed by atoms with Gasteiger partial charge in [0.05, 0.1) is 112 Å². The van der Waals surface area contributed by atoms with E-state index in [1.807, 2.05) is 0 Å². The van der Waals surface area contributed by atoms with E-state index in [-0.39, 0.29) is 74.9 Å². The number of aromatic nitrogens is 20. The third-order valence-corrected chi connectivity index (χ3v) is 11.8. The number of ketones is 2. The number of aromatic carboxylic acids is 3. The lowest BCUT2D eigenvalue weighted by Crippen LogP contribution is -2.12. The van der Waals surface area contributed by atoms with Gasteiger partial charge in [0.2, 0.25) is 23.3 Å². The Morgan fingerprint density at radius 2 is 0.708 bits per heavy atom. The Hall–Kier alpha value is -12.0. The molecule has 0 bridgehead atoms. The number of Topliss-reactive ketones (excluding diaryl/α,β-unsaturated/α-hetero) is 2. The van der Waals surface area contributed by atoms with Gasteiger partial charge in [0.25, 0.3) is 0 Å². The van der Waals surface area contributed by atoms with E-state index in [9.17, 15) is 32.8 Å². The summed E-state index contributed by atoms with van der Waals surface area (Å²) >= 11 is 0. The molecule has 0 amide bonds. The van der Waals surface area contributed by atoms with Crippen LogP contribution in [-0.2, 0) is 35.2 Å². The monoisotopic (exact) mass is 1230 g/mol. The maximum absolute atomic E-state index is 13.8. The van der Waals surface area contributed by atoms with Crippen LogP contribution in [-0.4, -0.2) is 203 Å². The van der Waals surface area contributed by atoms with E-state index in [0.29, 0.717) is 39.7 Å². The molecule has 10 aromatic heterocycles. The van der Waals surface area contributed by atoms with E-state index in [0.717, 1.165) is 17.1 Å². The Bertz CT molecular complexity index is 4170. The van der Waals surface area contributed by atoms with E-state index in [1.165, 1.54) is 130 Å². The lowest BCUT2D eigenvalue weighted by Gasteiger charge is -2.06. The fourth-order valence-corrected chi connectivity index (χ4v) is 7.82. The van der Waals surface area contributed by atoms with E-state index >= 15 is 0 Å². The van der Waals surface area contributed by atoms with Crippen LogP contribution in [0, 0.1) is 11.6 Å². The molecule has 37 heteroatoms. The molecule has 0 spiro atoms. The molecule has 0 aliphatic rings. The minimum Gasteiger partial charge on any atom is -0.479 e. The molecule has 89 heavy (non-hydrogen) atoms. The van der Waals surface area contributed by atoms with Crippen molar-refractivity contribution in [3.05, 3.63) is 121 Å². The SMILES string of the molecule is COc1ncc(F)c(-c2cnn(C)c2C(=O)CO)n1.COc1ncc(F)c(-c2cnn(C)c2C(=O)O)n1.COc1nccc(-c2cnn(C)c2C(=O)O)n1.COc1nccnc1-c1cnn(C)c1C(=O)CO.COc1nccnc1-c1cnn(C)c1C(=O)O. The van der Waals surface area contributed by atoms with Gasteiger partial charge >= 0.3 is 35.9 Å². The van der Waals surface area contributed by atoms with Gasteiger partial charge in [0.15, 0.2) is 28.7 Å². The molecule has 0 fully saturated rings. The normalized spacial score (nSPS) is 10.4. The Kier molecular flexibility index (Phi) is 22.4. The number of carbonyl (C=O) groups is 5. The third-order valence-electron chi connectivity index (χ3n) is 11.8. The summed E-state index contributed by atoms with van der Waals surface area (Å²) in [5, 5.41) is 64.6. The number of carboxylic acids is 3. The Morgan fingerprint density at radius 3 is 1.07 bits per heavy atom. The highest BCUT2D eigenvalue weighted by atomic mass is 19.1. The van der Waals surface area contributed by atoms with Crippen LogP contribution in [0.4, 0.5) is 8.78 Å². The number of aliphatic hydroxyl groups excluding tert-OH is 2. The second kappa shape index (κ2) is 30.2. The summed E-state index contributed by atoms with van der Waals surface area (Å²) in [7, 11) is 14.7. The van der Waals surface area contributed by atoms with Crippen molar-refractivity contribution in [1.29, 1.82) is 0 Å². The molecule has 0 radical (unpaired) electrons. The molecule has 10 aromatic rings. The zero-order chi connectivity index (χ0) is 65.2. The van der Waals surface area contributed by atoms with Crippen molar-refractivity contribution in [1.82, 2.24) is 98.7 Å². The van der Waals surface area contributed by atoms with Crippen LogP contribution in [0.5, 0.6) is 29.8 Å². The van der Waals surface area contributed by atoms with Gasteiger partial charge in [-0.2, -0.15) is 40.4 Å². The zero-order valence-corrected chi connectivity index (χ0v) is 48.4. The summed E-state index contributed by atoms with van der Waals surface area (Å²) in [4.78, 5) is 95.6. The number of nitrogens with zero attached hydrogens (tertiary/aromatic N) is 20. The summed E-state index contributed by atoms with van der Waals surface area (Å²) in [6, 6.07) is 1.71. The van der Waals surface area contributed by atoms with Crippen molar-refractivity contribution in [3.63, 3.8) is 0 Å². The third kappa shape index (κ3) is 15.3. The van der Waals surface area contributed by atoms with Crippen LogP contribution in [0.25, 0.3) is 56.3 Å². The number of carbonyl (C=O) groups excluding carboxylic acids is 2. The van der Waals surface area contributed by atoms with Gasteiger partial charge in [-0.05, 0) is 6.07 Å². The van der Waals surface area contributed by atoms with Crippen LogP contribution in [0.2, 0.25) is 0 Å². The van der Waals surface area contributed by atoms with Crippen LogP contribution < -0.4 is 23.7 Å².